The lowest BCUT2D eigenvalue weighted by atomic mass is 10.2. The average Bonchev–Trinajstić information content (AvgIpc) is 2.79. The lowest BCUT2D eigenvalue weighted by molar-refractivity contribution is -0.132. The Hall–Kier alpha value is -1.74. The predicted octanol–water partition coefficient (Wildman–Crippen LogP) is -0.0540. The standard InChI is InChI=1S/C8H7N3O4S2/c1-15-8(12)6-4-5(7-2-3-9-16-7)10-17(13,14)11-6/h2-4,10H,1H3. The highest BCUT2D eigenvalue weighted by molar-refractivity contribution is 7.88. The highest BCUT2D eigenvalue weighted by atomic mass is 32.2. The van der Waals surface area contributed by atoms with Crippen LogP contribution in [-0.4, -0.2) is 31.6 Å². The third kappa shape index (κ3) is 2.50. The van der Waals surface area contributed by atoms with Gasteiger partial charge in [0.15, 0.2) is 5.71 Å². The van der Waals surface area contributed by atoms with Gasteiger partial charge in [0.05, 0.1) is 17.7 Å². The molecule has 1 aromatic heterocycles. The van der Waals surface area contributed by atoms with E-state index in [-0.39, 0.29) is 11.4 Å². The SMILES string of the molecule is COC(=O)C1=NS(=O)(=O)NC(c2ccns2)=C1. The number of nitrogens with one attached hydrogen (secondary N) is 1. The van der Waals surface area contributed by atoms with Gasteiger partial charge in [-0.1, -0.05) is 0 Å². The van der Waals surface area contributed by atoms with E-state index < -0.39 is 16.2 Å². The van der Waals surface area contributed by atoms with Gasteiger partial charge in [-0.15, -0.1) is 4.40 Å². The van der Waals surface area contributed by atoms with Gasteiger partial charge in [-0.2, -0.15) is 8.42 Å². The molecule has 0 amide bonds. The van der Waals surface area contributed by atoms with Gasteiger partial charge in [0.1, 0.15) is 0 Å². The quantitative estimate of drug-likeness (QED) is 0.762. The molecule has 0 unspecified atom stereocenters. The van der Waals surface area contributed by atoms with Crippen LogP contribution in [-0.2, 0) is 19.7 Å². The largest absolute Gasteiger partial charge is 0.464 e. The maximum Gasteiger partial charge on any atom is 0.357 e. The van der Waals surface area contributed by atoms with E-state index in [1.54, 1.807) is 6.07 Å². The summed E-state index contributed by atoms with van der Waals surface area (Å²) in [4.78, 5) is 11.9. The summed E-state index contributed by atoms with van der Waals surface area (Å²) in [7, 11) is -2.76. The van der Waals surface area contributed by atoms with Gasteiger partial charge in [0, 0.05) is 6.20 Å². The first kappa shape index (κ1) is 11.7. The highest BCUT2D eigenvalue weighted by Crippen LogP contribution is 2.19. The topological polar surface area (TPSA) is 97.7 Å². The van der Waals surface area contributed by atoms with Gasteiger partial charge in [0.2, 0.25) is 0 Å². The van der Waals surface area contributed by atoms with Crippen molar-refractivity contribution >= 4 is 39.1 Å². The minimum absolute atomic E-state index is 0.253. The molecule has 0 spiro atoms. The van der Waals surface area contributed by atoms with Crippen LogP contribution >= 0.6 is 11.5 Å². The molecule has 1 aliphatic heterocycles. The summed E-state index contributed by atoms with van der Waals surface area (Å²) >= 11 is 1.10. The molecule has 17 heavy (non-hydrogen) atoms. The number of carbonyl (C=O) groups excluding carboxylic acids is 1. The maximum absolute atomic E-state index is 11.4. The van der Waals surface area contributed by atoms with Gasteiger partial charge in [-0.25, -0.2) is 9.17 Å². The number of aromatic nitrogens is 1. The van der Waals surface area contributed by atoms with E-state index in [0.717, 1.165) is 18.6 Å². The van der Waals surface area contributed by atoms with E-state index in [1.165, 1.54) is 12.3 Å². The molecule has 0 fully saturated rings. The third-order valence-electron chi connectivity index (χ3n) is 1.84. The summed E-state index contributed by atoms with van der Waals surface area (Å²) < 4.78 is 36.6. The summed E-state index contributed by atoms with van der Waals surface area (Å²) in [5.41, 5.74) is -0.0162. The van der Waals surface area contributed by atoms with E-state index in [2.05, 4.69) is 18.2 Å². The zero-order valence-corrected chi connectivity index (χ0v) is 10.2. The maximum atomic E-state index is 11.4. The fraction of sp³-hybridized carbons (Fsp3) is 0.125. The van der Waals surface area contributed by atoms with Crippen molar-refractivity contribution in [3.63, 3.8) is 0 Å². The molecule has 0 saturated heterocycles. The Morgan fingerprint density at radius 1 is 1.53 bits per heavy atom. The van der Waals surface area contributed by atoms with Crippen molar-refractivity contribution in [1.29, 1.82) is 0 Å². The van der Waals surface area contributed by atoms with Crippen LogP contribution in [0.5, 0.6) is 0 Å². The Morgan fingerprint density at radius 3 is 2.88 bits per heavy atom. The second-order valence-corrected chi connectivity index (χ2v) is 5.15. The molecule has 2 rings (SSSR count). The minimum Gasteiger partial charge on any atom is -0.464 e. The molecule has 0 radical (unpaired) electrons. The molecule has 1 aromatic rings. The van der Waals surface area contributed by atoms with Crippen molar-refractivity contribution in [1.82, 2.24) is 9.10 Å². The zero-order valence-electron chi connectivity index (χ0n) is 8.58. The third-order valence-corrected chi connectivity index (χ3v) is 3.53. The van der Waals surface area contributed by atoms with Crippen molar-refractivity contribution in [3.05, 3.63) is 23.2 Å². The van der Waals surface area contributed by atoms with Crippen LogP contribution in [0.15, 0.2) is 22.7 Å². The molecule has 1 N–H and O–H groups in total. The second-order valence-electron chi connectivity index (χ2n) is 2.98. The minimum atomic E-state index is -3.91. The summed E-state index contributed by atoms with van der Waals surface area (Å²) in [6, 6.07) is 1.62. The van der Waals surface area contributed by atoms with Crippen LogP contribution in [0.25, 0.3) is 5.70 Å². The van der Waals surface area contributed by atoms with Crippen LogP contribution in [0.4, 0.5) is 0 Å². The van der Waals surface area contributed by atoms with Crippen LogP contribution in [0.2, 0.25) is 0 Å². The van der Waals surface area contributed by atoms with Crippen molar-refractivity contribution in [3.8, 4) is 0 Å². The lowest BCUT2D eigenvalue weighted by Gasteiger charge is -2.12. The molecular formula is C8H7N3O4S2. The molecule has 0 aliphatic carbocycles. The molecule has 0 saturated carbocycles. The molecule has 2 heterocycles. The first-order chi connectivity index (χ1) is 8.02. The van der Waals surface area contributed by atoms with Crippen molar-refractivity contribution in [2.45, 2.75) is 0 Å². The molecule has 1 aliphatic rings. The van der Waals surface area contributed by atoms with Crippen molar-refractivity contribution in [2.24, 2.45) is 4.40 Å². The molecule has 7 nitrogen and oxygen atoms in total. The Kier molecular flexibility index (Phi) is 2.94. The van der Waals surface area contributed by atoms with Crippen molar-refractivity contribution < 1.29 is 17.9 Å². The number of nitrogens with zero attached hydrogens (tertiary/aromatic N) is 2. The molecule has 0 aromatic carbocycles. The van der Waals surface area contributed by atoms with Gasteiger partial charge in [-0.05, 0) is 23.7 Å². The summed E-state index contributed by atoms with van der Waals surface area (Å²) in [5.74, 6) is -0.808. The first-order valence-electron chi connectivity index (χ1n) is 4.35. The number of esters is 1. The Bertz CT molecular complexity index is 601. The Labute approximate surface area is 101 Å². The number of rotatable bonds is 2. The van der Waals surface area contributed by atoms with Gasteiger partial charge >= 0.3 is 16.2 Å². The molecular weight excluding hydrogens is 266 g/mol. The van der Waals surface area contributed by atoms with Crippen molar-refractivity contribution in [2.75, 3.05) is 7.11 Å². The normalized spacial score (nSPS) is 17.7. The molecule has 0 atom stereocenters. The van der Waals surface area contributed by atoms with Crippen LogP contribution in [0.1, 0.15) is 4.88 Å². The number of hydrogen-bond donors (Lipinski definition) is 1. The smallest absolute Gasteiger partial charge is 0.357 e. The first-order valence-corrected chi connectivity index (χ1v) is 6.57. The van der Waals surface area contributed by atoms with Crippen LogP contribution < -0.4 is 4.72 Å². The molecule has 0 bridgehead atoms. The fourth-order valence-corrected chi connectivity index (χ4v) is 2.67. The number of hydrogen-bond acceptors (Lipinski definition) is 6. The number of ether oxygens (including phenoxy) is 1. The van der Waals surface area contributed by atoms with E-state index in [9.17, 15) is 13.2 Å². The average molecular weight is 273 g/mol. The summed E-state index contributed by atoms with van der Waals surface area (Å²) in [6.07, 6.45) is 2.83. The van der Waals surface area contributed by atoms with E-state index in [4.69, 9.17) is 0 Å². The Balaban J connectivity index is 2.46. The zero-order chi connectivity index (χ0) is 12.5. The monoisotopic (exact) mass is 273 g/mol. The fourth-order valence-electron chi connectivity index (χ4n) is 1.16. The van der Waals surface area contributed by atoms with Crippen LogP contribution in [0.3, 0.4) is 0 Å². The lowest BCUT2D eigenvalue weighted by Crippen LogP contribution is -2.29. The highest BCUT2D eigenvalue weighted by Gasteiger charge is 2.24. The summed E-state index contributed by atoms with van der Waals surface area (Å²) in [5, 5.41) is 0. The Morgan fingerprint density at radius 2 is 2.29 bits per heavy atom. The van der Waals surface area contributed by atoms with Crippen LogP contribution in [0, 0.1) is 0 Å². The van der Waals surface area contributed by atoms with Gasteiger partial charge in [0.25, 0.3) is 0 Å². The summed E-state index contributed by atoms with van der Waals surface area (Å²) in [6.45, 7) is 0. The van der Waals surface area contributed by atoms with E-state index in [0.29, 0.717) is 4.88 Å². The van der Waals surface area contributed by atoms with Gasteiger partial charge < -0.3 is 4.74 Å². The second kappa shape index (κ2) is 4.26. The number of methoxy groups -OCH3 is 1. The van der Waals surface area contributed by atoms with E-state index >= 15 is 0 Å². The molecule has 90 valence electrons. The van der Waals surface area contributed by atoms with E-state index in [1.807, 2.05) is 0 Å². The number of carbonyl (C=O) groups is 1. The molecule has 9 heteroatoms. The van der Waals surface area contributed by atoms with Gasteiger partial charge in [-0.3, -0.25) is 4.72 Å². The predicted molar refractivity (Wildman–Crippen MR) is 61.6 cm³/mol.